The number of nitrogens with one attached hydrogen (secondary N) is 1. The van der Waals surface area contributed by atoms with Crippen molar-refractivity contribution in [2.75, 3.05) is 19.7 Å². The molecule has 1 atom stereocenters. The van der Waals surface area contributed by atoms with Crippen molar-refractivity contribution in [3.05, 3.63) is 34.2 Å². The maximum absolute atomic E-state index is 13.5. The summed E-state index contributed by atoms with van der Waals surface area (Å²) in [6.07, 6.45) is 3.00. The molecule has 1 saturated heterocycles. The molecule has 1 aromatic carbocycles. The SMILES string of the molecule is CCCc1nn(C)c2c(=O)[nH]c(-c3cc(S(=O)(=O)N4CCC([C@H](O)CC)CC4)ccc3OCC)nc12. The quantitative estimate of drug-likeness (QED) is 0.446. The van der Waals surface area contributed by atoms with Crippen molar-refractivity contribution in [3.8, 4) is 17.1 Å². The number of benzene rings is 1. The molecule has 0 unspecified atom stereocenters. The second-order valence-corrected chi connectivity index (χ2v) is 11.2. The number of ether oxygens (including phenoxy) is 1. The van der Waals surface area contributed by atoms with E-state index in [9.17, 15) is 18.3 Å². The van der Waals surface area contributed by atoms with Crippen molar-refractivity contribution in [1.82, 2.24) is 24.1 Å². The van der Waals surface area contributed by atoms with Crippen LogP contribution in [0.25, 0.3) is 22.4 Å². The van der Waals surface area contributed by atoms with Gasteiger partial charge in [-0.05, 0) is 56.7 Å². The minimum absolute atomic E-state index is 0.107. The average molecular weight is 518 g/mol. The molecule has 10 nitrogen and oxygen atoms in total. The first-order valence-electron chi connectivity index (χ1n) is 12.6. The van der Waals surface area contributed by atoms with E-state index >= 15 is 0 Å². The molecule has 0 aliphatic carbocycles. The third kappa shape index (κ3) is 4.91. The van der Waals surface area contributed by atoms with E-state index in [1.807, 2.05) is 20.8 Å². The van der Waals surface area contributed by atoms with Gasteiger partial charge in [0.2, 0.25) is 10.0 Å². The van der Waals surface area contributed by atoms with Crippen molar-refractivity contribution in [2.24, 2.45) is 13.0 Å². The lowest BCUT2D eigenvalue weighted by molar-refractivity contribution is 0.0733. The maximum Gasteiger partial charge on any atom is 0.277 e. The van der Waals surface area contributed by atoms with Crippen LogP contribution in [0, 0.1) is 5.92 Å². The fraction of sp³-hybridized carbons (Fsp3) is 0.560. The highest BCUT2D eigenvalue weighted by molar-refractivity contribution is 7.89. The molecule has 196 valence electrons. The number of aryl methyl sites for hydroxylation is 2. The maximum atomic E-state index is 13.5. The highest BCUT2D eigenvalue weighted by Gasteiger charge is 2.32. The molecule has 0 spiro atoms. The van der Waals surface area contributed by atoms with Crippen LogP contribution in [-0.4, -0.2) is 63.4 Å². The van der Waals surface area contributed by atoms with E-state index in [2.05, 4.69) is 10.1 Å². The lowest BCUT2D eigenvalue weighted by Gasteiger charge is -2.33. The van der Waals surface area contributed by atoms with Crippen molar-refractivity contribution < 1.29 is 18.3 Å². The van der Waals surface area contributed by atoms with Gasteiger partial charge in [-0.2, -0.15) is 9.40 Å². The molecule has 4 rings (SSSR count). The number of hydrogen-bond donors (Lipinski definition) is 2. The van der Waals surface area contributed by atoms with Gasteiger partial charge in [-0.1, -0.05) is 20.3 Å². The largest absolute Gasteiger partial charge is 0.493 e. The third-order valence-corrected chi connectivity index (χ3v) is 8.75. The van der Waals surface area contributed by atoms with Crippen LogP contribution in [0.5, 0.6) is 5.75 Å². The van der Waals surface area contributed by atoms with Crippen molar-refractivity contribution in [1.29, 1.82) is 0 Å². The van der Waals surface area contributed by atoms with Crippen LogP contribution >= 0.6 is 0 Å². The van der Waals surface area contributed by atoms with Crippen LogP contribution in [-0.2, 0) is 23.5 Å². The summed E-state index contributed by atoms with van der Waals surface area (Å²) >= 11 is 0. The molecule has 2 aromatic heterocycles. The third-order valence-electron chi connectivity index (χ3n) is 6.85. The summed E-state index contributed by atoms with van der Waals surface area (Å²) in [5.74, 6) is 0.780. The van der Waals surface area contributed by atoms with Crippen LogP contribution in [0.4, 0.5) is 0 Å². The van der Waals surface area contributed by atoms with Gasteiger partial charge >= 0.3 is 0 Å². The number of aliphatic hydroxyl groups excluding tert-OH is 1. The van der Waals surface area contributed by atoms with Gasteiger partial charge in [-0.15, -0.1) is 0 Å². The van der Waals surface area contributed by atoms with Crippen molar-refractivity contribution >= 4 is 21.1 Å². The summed E-state index contributed by atoms with van der Waals surface area (Å²) in [7, 11) is -2.08. The van der Waals surface area contributed by atoms with E-state index in [0.29, 0.717) is 67.7 Å². The molecule has 11 heteroatoms. The predicted molar refractivity (Wildman–Crippen MR) is 138 cm³/mol. The second-order valence-electron chi connectivity index (χ2n) is 9.24. The first-order chi connectivity index (χ1) is 17.2. The number of sulfonamides is 1. The average Bonchev–Trinajstić information content (AvgIpc) is 3.19. The summed E-state index contributed by atoms with van der Waals surface area (Å²) < 4.78 is 35.8. The summed E-state index contributed by atoms with van der Waals surface area (Å²) in [6.45, 7) is 6.87. The second kappa shape index (κ2) is 10.7. The van der Waals surface area contributed by atoms with E-state index in [1.165, 1.54) is 21.1 Å². The Morgan fingerprint density at radius 2 is 1.94 bits per heavy atom. The number of nitrogens with zero attached hydrogens (tertiary/aromatic N) is 4. The van der Waals surface area contributed by atoms with Crippen LogP contribution in [0.2, 0.25) is 0 Å². The van der Waals surface area contributed by atoms with Crippen LogP contribution in [0.1, 0.15) is 52.1 Å². The Morgan fingerprint density at radius 1 is 1.22 bits per heavy atom. The first-order valence-corrected chi connectivity index (χ1v) is 14.1. The van der Waals surface area contributed by atoms with Gasteiger partial charge in [0.25, 0.3) is 5.56 Å². The van der Waals surface area contributed by atoms with Crippen LogP contribution in [0.3, 0.4) is 0 Å². The van der Waals surface area contributed by atoms with Gasteiger partial charge < -0.3 is 14.8 Å². The predicted octanol–water partition coefficient (Wildman–Crippen LogP) is 2.85. The number of hydrogen-bond acceptors (Lipinski definition) is 7. The molecule has 1 aliphatic rings. The molecular weight excluding hydrogens is 482 g/mol. The number of aliphatic hydroxyl groups is 1. The number of piperidine rings is 1. The molecule has 3 heterocycles. The van der Waals surface area contributed by atoms with E-state index in [-0.39, 0.29) is 22.2 Å². The Balaban J connectivity index is 1.76. The highest BCUT2D eigenvalue weighted by atomic mass is 32.2. The van der Waals surface area contributed by atoms with E-state index in [1.54, 1.807) is 13.1 Å². The molecule has 0 saturated carbocycles. The smallest absolute Gasteiger partial charge is 0.277 e. The topological polar surface area (TPSA) is 130 Å². The molecular formula is C25H35N5O5S. The normalized spacial score (nSPS) is 16.5. The fourth-order valence-electron chi connectivity index (χ4n) is 4.90. The molecule has 36 heavy (non-hydrogen) atoms. The molecule has 0 bridgehead atoms. The van der Waals surface area contributed by atoms with Gasteiger partial charge in [-0.3, -0.25) is 9.48 Å². The molecule has 2 N–H and O–H groups in total. The monoisotopic (exact) mass is 517 g/mol. The molecule has 1 aliphatic heterocycles. The lowest BCUT2D eigenvalue weighted by Crippen LogP contribution is -2.41. The summed E-state index contributed by atoms with van der Waals surface area (Å²) in [5.41, 5.74) is 1.66. The van der Waals surface area contributed by atoms with Gasteiger partial charge in [-0.25, -0.2) is 13.4 Å². The van der Waals surface area contributed by atoms with Crippen LogP contribution < -0.4 is 10.3 Å². The van der Waals surface area contributed by atoms with E-state index in [0.717, 1.165) is 12.1 Å². The minimum Gasteiger partial charge on any atom is -0.493 e. The van der Waals surface area contributed by atoms with Gasteiger partial charge in [0.15, 0.2) is 5.52 Å². The van der Waals surface area contributed by atoms with Gasteiger partial charge in [0.05, 0.1) is 28.9 Å². The van der Waals surface area contributed by atoms with Crippen molar-refractivity contribution in [3.63, 3.8) is 0 Å². The number of aromatic amines is 1. The number of fused-ring (bicyclic) bond motifs is 1. The minimum atomic E-state index is -3.79. The Morgan fingerprint density at radius 3 is 2.58 bits per heavy atom. The number of rotatable bonds is 9. The zero-order valence-electron chi connectivity index (χ0n) is 21.3. The molecule has 0 amide bonds. The Hall–Kier alpha value is -2.76. The van der Waals surface area contributed by atoms with Gasteiger partial charge in [0.1, 0.15) is 17.1 Å². The highest BCUT2D eigenvalue weighted by Crippen LogP contribution is 2.33. The Bertz CT molecular complexity index is 1390. The fourth-order valence-corrected chi connectivity index (χ4v) is 6.40. The summed E-state index contributed by atoms with van der Waals surface area (Å²) in [4.78, 5) is 20.6. The first kappa shape index (κ1) is 26.3. The molecule has 3 aromatic rings. The standard InChI is InChI=1S/C25H35N5O5S/c1-5-8-19-22-23(29(4)28-19)25(32)27-24(26-22)18-15-17(9-10-21(18)35-7-3)36(33,34)30-13-11-16(12-14-30)20(31)6-2/h9-10,15-16,20,31H,5-8,11-14H2,1-4H3,(H,26,27,32)/t20-/m1/s1. The zero-order valence-corrected chi connectivity index (χ0v) is 22.1. The van der Waals surface area contributed by atoms with E-state index in [4.69, 9.17) is 9.72 Å². The van der Waals surface area contributed by atoms with E-state index < -0.39 is 16.1 Å². The lowest BCUT2D eigenvalue weighted by atomic mass is 9.91. The van der Waals surface area contributed by atoms with Crippen molar-refractivity contribution in [2.45, 2.75) is 63.9 Å². The Labute approximate surface area is 211 Å². The van der Waals surface area contributed by atoms with Gasteiger partial charge in [0, 0.05) is 20.1 Å². The number of H-pyrrole nitrogens is 1. The summed E-state index contributed by atoms with van der Waals surface area (Å²) in [5, 5.41) is 14.6. The summed E-state index contributed by atoms with van der Waals surface area (Å²) in [6, 6.07) is 4.66. The Kier molecular flexibility index (Phi) is 7.82. The molecule has 1 fully saturated rings. The molecule has 0 radical (unpaired) electrons. The number of aromatic nitrogens is 4. The van der Waals surface area contributed by atoms with Crippen LogP contribution in [0.15, 0.2) is 27.9 Å². The zero-order chi connectivity index (χ0) is 26.0.